The molecule has 0 aliphatic rings. The van der Waals surface area contributed by atoms with Gasteiger partial charge in [-0.15, -0.1) is 5.10 Å². The van der Waals surface area contributed by atoms with Crippen LogP contribution in [0.3, 0.4) is 0 Å². The van der Waals surface area contributed by atoms with Crippen LogP contribution in [0.25, 0.3) is 5.78 Å². The van der Waals surface area contributed by atoms with Crippen molar-refractivity contribution < 1.29 is 9.90 Å². The Balaban J connectivity index is 2.30. The SMILES string of the molecule is Cc1ccnc2nc(C(=O)NC(C)CO)nn12. The Labute approximate surface area is 97.5 Å². The number of aryl methyl sites for hydroxylation is 1. The molecular weight excluding hydrogens is 222 g/mol. The predicted octanol–water partition coefficient (Wildman–Crippen LogP) is -0.457. The fourth-order valence-corrected chi connectivity index (χ4v) is 1.34. The number of aliphatic hydroxyl groups is 1. The molecule has 1 amide bonds. The second-order valence-corrected chi connectivity index (χ2v) is 3.79. The van der Waals surface area contributed by atoms with Crippen molar-refractivity contribution in [3.05, 3.63) is 23.8 Å². The standard InChI is InChI=1S/C10H13N5O2/c1-6(5-16)12-9(17)8-13-10-11-4-3-7(2)15(10)14-8/h3-4,6,16H,5H2,1-2H3,(H,12,17). The van der Waals surface area contributed by atoms with E-state index in [1.54, 1.807) is 19.2 Å². The maximum Gasteiger partial charge on any atom is 0.291 e. The van der Waals surface area contributed by atoms with E-state index in [2.05, 4.69) is 20.4 Å². The number of rotatable bonds is 3. The molecule has 2 rings (SSSR count). The van der Waals surface area contributed by atoms with Gasteiger partial charge in [0.15, 0.2) is 0 Å². The van der Waals surface area contributed by atoms with Crippen molar-refractivity contribution in [1.82, 2.24) is 24.9 Å². The first-order chi connectivity index (χ1) is 8.11. The third-order valence-electron chi connectivity index (χ3n) is 2.28. The average Bonchev–Trinajstić information content (AvgIpc) is 2.74. The molecule has 2 heterocycles. The molecule has 0 bridgehead atoms. The molecular formula is C10H13N5O2. The van der Waals surface area contributed by atoms with Crippen molar-refractivity contribution in [3.8, 4) is 0 Å². The second kappa shape index (κ2) is 4.46. The van der Waals surface area contributed by atoms with Crippen LogP contribution in [0, 0.1) is 6.92 Å². The van der Waals surface area contributed by atoms with E-state index < -0.39 is 5.91 Å². The zero-order valence-corrected chi connectivity index (χ0v) is 9.58. The summed E-state index contributed by atoms with van der Waals surface area (Å²) in [6.45, 7) is 3.41. The normalized spacial score (nSPS) is 12.6. The van der Waals surface area contributed by atoms with Gasteiger partial charge in [0.1, 0.15) is 0 Å². The van der Waals surface area contributed by atoms with Gasteiger partial charge in [-0.05, 0) is 19.9 Å². The summed E-state index contributed by atoms with van der Waals surface area (Å²) in [7, 11) is 0. The summed E-state index contributed by atoms with van der Waals surface area (Å²) in [5.74, 6) is 0.00958. The molecule has 0 saturated heterocycles. The monoisotopic (exact) mass is 235 g/mol. The summed E-state index contributed by atoms with van der Waals surface area (Å²) in [4.78, 5) is 19.7. The lowest BCUT2D eigenvalue weighted by atomic mass is 10.3. The Hall–Kier alpha value is -2.02. The molecule has 0 saturated carbocycles. The molecule has 0 aromatic carbocycles. The van der Waals surface area contributed by atoms with E-state index in [0.717, 1.165) is 5.69 Å². The van der Waals surface area contributed by atoms with Crippen LogP contribution in [0.5, 0.6) is 0 Å². The van der Waals surface area contributed by atoms with Crippen molar-refractivity contribution in [2.75, 3.05) is 6.61 Å². The van der Waals surface area contributed by atoms with Gasteiger partial charge in [-0.1, -0.05) is 0 Å². The molecule has 7 nitrogen and oxygen atoms in total. The molecule has 0 fully saturated rings. The number of hydrogen-bond acceptors (Lipinski definition) is 5. The van der Waals surface area contributed by atoms with Crippen LogP contribution in [-0.4, -0.2) is 43.2 Å². The van der Waals surface area contributed by atoms with Crippen LogP contribution >= 0.6 is 0 Å². The van der Waals surface area contributed by atoms with Gasteiger partial charge in [-0.3, -0.25) is 4.79 Å². The van der Waals surface area contributed by atoms with Gasteiger partial charge in [0.25, 0.3) is 11.7 Å². The predicted molar refractivity (Wildman–Crippen MR) is 59.5 cm³/mol. The highest BCUT2D eigenvalue weighted by molar-refractivity contribution is 5.91. The van der Waals surface area contributed by atoms with Crippen LogP contribution in [0.1, 0.15) is 23.2 Å². The topological polar surface area (TPSA) is 92.4 Å². The van der Waals surface area contributed by atoms with E-state index in [9.17, 15) is 4.79 Å². The molecule has 0 aliphatic heterocycles. The maximum atomic E-state index is 11.7. The van der Waals surface area contributed by atoms with E-state index in [-0.39, 0.29) is 18.5 Å². The van der Waals surface area contributed by atoms with Crippen molar-refractivity contribution in [2.24, 2.45) is 0 Å². The minimum Gasteiger partial charge on any atom is -0.394 e. The molecule has 1 atom stereocenters. The van der Waals surface area contributed by atoms with Crippen molar-refractivity contribution >= 4 is 11.7 Å². The molecule has 1 unspecified atom stereocenters. The number of carbonyl (C=O) groups is 1. The molecule has 2 aromatic rings. The lowest BCUT2D eigenvalue weighted by molar-refractivity contribution is 0.0912. The van der Waals surface area contributed by atoms with Crippen LogP contribution in [0.4, 0.5) is 0 Å². The number of aromatic nitrogens is 4. The Morgan fingerprint density at radius 1 is 1.65 bits per heavy atom. The van der Waals surface area contributed by atoms with Gasteiger partial charge in [0, 0.05) is 17.9 Å². The molecule has 0 spiro atoms. The third kappa shape index (κ3) is 2.23. The highest BCUT2D eigenvalue weighted by atomic mass is 16.3. The summed E-state index contributed by atoms with van der Waals surface area (Å²) in [5.41, 5.74) is 0.844. The zero-order chi connectivity index (χ0) is 12.4. The van der Waals surface area contributed by atoms with Gasteiger partial charge in [0.2, 0.25) is 5.82 Å². The number of nitrogens with one attached hydrogen (secondary N) is 1. The number of amides is 1. The average molecular weight is 235 g/mol. The summed E-state index contributed by atoms with van der Waals surface area (Å²) < 4.78 is 1.50. The molecule has 2 N–H and O–H groups in total. The van der Waals surface area contributed by atoms with Crippen LogP contribution < -0.4 is 5.32 Å². The van der Waals surface area contributed by atoms with E-state index in [0.29, 0.717) is 5.78 Å². The Morgan fingerprint density at radius 3 is 3.06 bits per heavy atom. The largest absolute Gasteiger partial charge is 0.394 e. The fraction of sp³-hybridized carbons (Fsp3) is 0.400. The summed E-state index contributed by atoms with van der Waals surface area (Å²) in [5, 5.41) is 15.5. The fourth-order valence-electron chi connectivity index (χ4n) is 1.34. The van der Waals surface area contributed by atoms with Gasteiger partial charge in [0.05, 0.1) is 6.61 Å². The van der Waals surface area contributed by atoms with Crippen molar-refractivity contribution in [2.45, 2.75) is 19.9 Å². The van der Waals surface area contributed by atoms with E-state index in [1.165, 1.54) is 4.52 Å². The van der Waals surface area contributed by atoms with E-state index >= 15 is 0 Å². The Bertz CT molecular complexity index is 551. The van der Waals surface area contributed by atoms with E-state index in [1.807, 2.05) is 6.92 Å². The molecule has 90 valence electrons. The lowest BCUT2D eigenvalue weighted by Crippen LogP contribution is -2.35. The quantitative estimate of drug-likeness (QED) is 0.751. The number of aliphatic hydroxyl groups excluding tert-OH is 1. The van der Waals surface area contributed by atoms with E-state index in [4.69, 9.17) is 5.11 Å². The summed E-state index contributed by atoms with van der Waals surface area (Å²) in [6, 6.07) is 1.45. The molecule has 0 radical (unpaired) electrons. The Morgan fingerprint density at radius 2 is 2.41 bits per heavy atom. The van der Waals surface area contributed by atoms with Gasteiger partial charge < -0.3 is 10.4 Å². The second-order valence-electron chi connectivity index (χ2n) is 3.79. The lowest BCUT2D eigenvalue weighted by Gasteiger charge is -2.07. The number of hydrogen-bond donors (Lipinski definition) is 2. The Kier molecular flexibility index (Phi) is 3.01. The summed E-state index contributed by atoms with van der Waals surface area (Å²) >= 11 is 0. The van der Waals surface area contributed by atoms with Crippen LogP contribution in [0.15, 0.2) is 12.3 Å². The van der Waals surface area contributed by atoms with Crippen molar-refractivity contribution in [1.29, 1.82) is 0 Å². The highest BCUT2D eigenvalue weighted by Gasteiger charge is 2.15. The van der Waals surface area contributed by atoms with Gasteiger partial charge >= 0.3 is 0 Å². The van der Waals surface area contributed by atoms with Crippen molar-refractivity contribution in [3.63, 3.8) is 0 Å². The first-order valence-corrected chi connectivity index (χ1v) is 5.22. The first-order valence-electron chi connectivity index (χ1n) is 5.22. The number of fused-ring (bicyclic) bond motifs is 1. The molecule has 17 heavy (non-hydrogen) atoms. The zero-order valence-electron chi connectivity index (χ0n) is 9.58. The number of carbonyl (C=O) groups excluding carboxylic acids is 1. The highest BCUT2D eigenvalue weighted by Crippen LogP contribution is 2.01. The van der Waals surface area contributed by atoms with Crippen LogP contribution in [-0.2, 0) is 0 Å². The minimum absolute atomic E-state index is 0.0482. The minimum atomic E-state index is -0.420. The van der Waals surface area contributed by atoms with Gasteiger partial charge in [-0.25, -0.2) is 9.50 Å². The summed E-state index contributed by atoms with van der Waals surface area (Å²) in [6.07, 6.45) is 1.61. The third-order valence-corrected chi connectivity index (χ3v) is 2.28. The van der Waals surface area contributed by atoms with Gasteiger partial charge in [-0.2, -0.15) is 4.98 Å². The van der Waals surface area contributed by atoms with Crippen LogP contribution in [0.2, 0.25) is 0 Å². The number of nitrogens with zero attached hydrogens (tertiary/aromatic N) is 4. The maximum absolute atomic E-state index is 11.7. The molecule has 7 heteroatoms. The smallest absolute Gasteiger partial charge is 0.291 e. The first kappa shape index (κ1) is 11.5. The molecule has 2 aromatic heterocycles. The molecule has 0 aliphatic carbocycles.